The molecule has 0 spiro atoms. The highest BCUT2D eigenvalue weighted by molar-refractivity contribution is 6.31. The van der Waals surface area contributed by atoms with Gasteiger partial charge in [0.25, 0.3) is 0 Å². The van der Waals surface area contributed by atoms with Crippen LogP contribution in [-0.2, 0) is 0 Å². The molecule has 0 N–H and O–H groups in total. The molecule has 0 nitrogen and oxygen atoms in total. The fourth-order valence-electron chi connectivity index (χ4n) is 3.86. The average Bonchev–Trinajstić information content (AvgIpc) is 2.60. The fourth-order valence-corrected chi connectivity index (χ4v) is 4.02. The van der Waals surface area contributed by atoms with Gasteiger partial charge in [0.2, 0.25) is 0 Å². The second-order valence-electron chi connectivity index (χ2n) is 6.83. The molecule has 0 radical (unpaired) electrons. The molecule has 0 amide bonds. The Hall–Kier alpha value is -1.41. The fraction of sp³-hybridized carbons (Fsp3) is 0.429. The summed E-state index contributed by atoms with van der Waals surface area (Å²) in [6.07, 6.45) is 11.6. The van der Waals surface area contributed by atoms with Crippen LogP contribution in [0, 0.1) is 17.6 Å². The van der Waals surface area contributed by atoms with Crippen LogP contribution in [-0.4, -0.2) is 0 Å². The molecule has 0 bridgehead atoms. The first-order valence-electron chi connectivity index (χ1n) is 8.78. The van der Waals surface area contributed by atoms with Crippen LogP contribution in [0.25, 0.3) is 10.8 Å². The number of hydrogen-bond acceptors (Lipinski definition) is 0. The van der Waals surface area contributed by atoms with Crippen LogP contribution >= 0.6 is 11.6 Å². The summed E-state index contributed by atoms with van der Waals surface area (Å²) in [7, 11) is 0. The van der Waals surface area contributed by atoms with E-state index in [1.165, 1.54) is 37.3 Å². The maximum atomic E-state index is 14.1. The van der Waals surface area contributed by atoms with Crippen molar-refractivity contribution in [3.8, 4) is 0 Å². The van der Waals surface area contributed by atoms with Gasteiger partial charge in [0.1, 0.15) is 10.8 Å². The molecule has 0 aromatic heterocycles. The number of hydrogen-bond donors (Lipinski definition) is 0. The first-order chi connectivity index (χ1) is 11.6. The topological polar surface area (TPSA) is 0 Å². The molecule has 0 heterocycles. The molecule has 1 aliphatic rings. The predicted molar refractivity (Wildman–Crippen MR) is 97.6 cm³/mol. The lowest BCUT2D eigenvalue weighted by atomic mass is 9.77. The van der Waals surface area contributed by atoms with Crippen LogP contribution in [0.15, 0.2) is 36.4 Å². The highest BCUT2D eigenvalue weighted by Crippen LogP contribution is 2.39. The quantitative estimate of drug-likeness (QED) is 0.399. The van der Waals surface area contributed by atoms with Crippen molar-refractivity contribution < 1.29 is 8.78 Å². The lowest BCUT2D eigenvalue weighted by Crippen LogP contribution is -2.13. The molecule has 0 aliphatic heterocycles. The van der Waals surface area contributed by atoms with Gasteiger partial charge in [-0.2, -0.15) is 0 Å². The van der Waals surface area contributed by atoms with Gasteiger partial charge in [-0.1, -0.05) is 42.0 Å². The van der Waals surface area contributed by atoms with E-state index in [1.54, 1.807) is 6.07 Å². The molecule has 1 saturated carbocycles. The maximum absolute atomic E-state index is 14.1. The number of allylic oxidation sites excluding steroid dienone is 2. The molecule has 0 saturated heterocycles. The lowest BCUT2D eigenvalue weighted by molar-refractivity contribution is 0.312. The summed E-state index contributed by atoms with van der Waals surface area (Å²) in [6, 6.07) is 6.99. The van der Waals surface area contributed by atoms with Gasteiger partial charge in [-0.3, -0.25) is 0 Å². The third kappa shape index (κ3) is 3.64. The summed E-state index contributed by atoms with van der Waals surface area (Å²) in [5, 5.41) is 0.573. The van der Waals surface area contributed by atoms with Gasteiger partial charge >= 0.3 is 0 Å². The zero-order valence-corrected chi connectivity index (χ0v) is 14.8. The third-order valence-electron chi connectivity index (χ3n) is 5.29. The van der Waals surface area contributed by atoms with E-state index in [-0.39, 0.29) is 0 Å². The highest BCUT2D eigenvalue weighted by atomic mass is 35.5. The van der Waals surface area contributed by atoms with Gasteiger partial charge in [-0.05, 0) is 74.3 Å². The Morgan fingerprint density at radius 3 is 2.58 bits per heavy atom. The Kier molecular flexibility index (Phi) is 5.55. The van der Waals surface area contributed by atoms with Crippen LogP contribution in [0.5, 0.6) is 0 Å². The molecule has 0 unspecified atom stereocenters. The molecule has 3 heteroatoms. The van der Waals surface area contributed by atoms with Gasteiger partial charge in [-0.25, -0.2) is 8.78 Å². The second-order valence-corrected chi connectivity index (χ2v) is 7.21. The summed E-state index contributed by atoms with van der Waals surface area (Å²) in [5.74, 6) is -0.0434. The summed E-state index contributed by atoms with van der Waals surface area (Å²) < 4.78 is 27.8. The molecule has 3 rings (SSSR count). The van der Waals surface area contributed by atoms with E-state index in [9.17, 15) is 8.78 Å². The van der Waals surface area contributed by atoms with Crippen molar-refractivity contribution in [1.29, 1.82) is 0 Å². The third-order valence-corrected chi connectivity index (χ3v) is 5.64. The molecular weight excluding hydrogens is 326 g/mol. The maximum Gasteiger partial charge on any atom is 0.152 e. The minimum Gasteiger partial charge on any atom is -0.205 e. The van der Waals surface area contributed by atoms with Crippen LogP contribution in [0.2, 0.25) is 5.02 Å². The molecule has 2 aromatic rings. The zero-order valence-electron chi connectivity index (χ0n) is 14.0. The molecule has 128 valence electrons. The molecular formula is C21H23ClF2. The Bertz CT molecular complexity index is 743. The van der Waals surface area contributed by atoms with Crippen molar-refractivity contribution in [2.24, 2.45) is 5.92 Å². The SMILES string of the molecule is C/C=C/CCC1CCC(c2ccc3c(F)c(Cl)c(F)cc3c2)CC1. The van der Waals surface area contributed by atoms with Gasteiger partial charge in [0.15, 0.2) is 5.82 Å². The summed E-state index contributed by atoms with van der Waals surface area (Å²) in [6.45, 7) is 2.06. The van der Waals surface area contributed by atoms with Gasteiger partial charge in [-0.15, -0.1) is 0 Å². The highest BCUT2D eigenvalue weighted by Gasteiger charge is 2.22. The summed E-state index contributed by atoms with van der Waals surface area (Å²) in [5.41, 5.74) is 1.19. The minimum absolute atomic E-state index is 0.394. The van der Waals surface area contributed by atoms with E-state index >= 15 is 0 Å². The number of benzene rings is 2. The van der Waals surface area contributed by atoms with Crippen molar-refractivity contribution in [1.82, 2.24) is 0 Å². The van der Waals surface area contributed by atoms with Gasteiger partial charge in [0, 0.05) is 5.39 Å². The Morgan fingerprint density at radius 2 is 1.88 bits per heavy atom. The van der Waals surface area contributed by atoms with Gasteiger partial charge < -0.3 is 0 Å². The van der Waals surface area contributed by atoms with E-state index < -0.39 is 16.7 Å². The Balaban J connectivity index is 1.73. The largest absolute Gasteiger partial charge is 0.205 e. The first-order valence-corrected chi connectivity index (χ1v) is 9.16. The van der Waals surface area contributed by atoms with E-state index in [0.29, 0.717) is 16.7 Å². The first kappa shape index (κ1) is 17.4. The molecule has 24 heavy (non-hydrogen) atoms. The lowest BCUT2D eigenvalue weighted by Gasteiger charge is -2.28. The van der Waals surface area contributed by atoms with Crippen molar-refractivity contribution >= 4 is 22.4 Å². The number of halogens is 3. The van der Waals surface area contributed by atoms with E-state index in [2.05, 4.69) is 19.1 Å². The summed E-state index contributed by atoms with van der Waals surface area (Å²) in [4.78, 5) is 0. The van der Waals surface area contributed by atoms with Crippen LogP contribution in [0.4, 0.5) is 8.78 Å². The predicted octanol–water partition coefficient (Wildman–Crippen LogP) is 7.40. The molecule has 1 aliphatic carbocycles. The number of fused-ring (bicyclic) bond motifs is 1. The molecule has 2 aromatic carbocycles. The standard InChI is InChI=1S/C21H23ClF2/c1-2-3-4-5-14-6-8-15(9-7-14)16-10-11-18-17(12-16)13-19(23)20(22)21(18)24/h2-3,10-15H,4-9H2,1H3/b3-2+. The van der Waals surface area contributed by atoms with Gasteiger partial charge in [0.05, 0.1) is 0 Å². The molecule has 1 fully saturated rings. The van der Waals surface area contributed by atoms with Crippen molar-refractivity contribution in [2.75, 3.05) is 0 Å². The van der Waals surface area contributed by atoms with E-state index in [4.69, 9.17) is 11.6 Å². The minimum atomic E-state index is -0.688. The van der Waals surface area contributed by atoms with Crippen molar-refractivity contribution in [3.05, 3.63) is 58.6 Å². The van der Waals surface area contributed by atoms with Crippen LogP contribution in [0.1, 0.15) is 56.9 Å². The Labute approximate surface area is 147 Å². The smallest absolute Gasteiger partial charge is 0.152 e. The van der Waals surface area contributed by atoms with E-state index in [0.717, 1.165) is 18.8 Å². The second kappa shape index (κ2) is 7.65. The van der Waals surface area contributed by atoms with Crippen LogP contribution in [0.3, 0.4) is 0 Å². The monoisotopic (exact) mass is 348 g/mol. The normalized spacial score (nSPS) is 21.7. The van der Waals surface area contributed by atoms with Crippen molar-refractivity contribution in [2.45, 2.75) is 51.4 Å². The summed E-state index contributed by atoms with van der Waals surface area (Å²) >= 11 is 5.66. The average molecular weight is 349 g/mol. The van der Waals surface area contributed by atoms with Crippen molar-refractivity contribution in [3.63, 3.8) is 0 Å². The number of rotatable bonds is 4. The van der Waals surface area contributed by atoms with Crippen LogP contribution < -0.4 is 0 Å². The Morgan fingerprint density at radius 1 is 1.12 bits per heavy atom. The van der Waals surface area contributed by atoms with E-state index in [1.807, 2.05) is 12.1 Å². The molecule has 0 atom stereocenters. The zero-order chi connectivity index (χ0) is 17.1.